The Kier molecular flexibility index (Phi) is 2.90. The van der Waals surface area contributed by atoms with Crippen LogP contribution in [-0.4, -0.2) is 6.04 Å². The Morgan fingerprint density at radius 2 is 1.62 bits per heavy atom. The van der Waals surface area contributed by atoms with Gasteiger partial charge >= 0.3 is 0 Å². The standard InChI is InChI=1S/C23H19N/c1-16-14-18(15-17-8-2-3-9-19(16)17)24-22-12-6-4-10-20(22)21-11-5-7-13-23(21)24/h2-15,20,22H,1H3. The molecule has 1 heterocycles. The minimum atomic E-state index is 0.368. The first-order valence-corrected chi connectivity index (χ1v) is 8.55. The highest BCUT2D eigenvalue weighted by Crippen LogP contribution is 2.48. The van der Waals surface area contributed by atoms with Gasteiger partial charge in [0.1, 0.15) is 0 Å². The predicted octanol–water partition coefficient (Wildman–Crippen LogP) is 5.88. The van der Waals surface area contributed by atoms with Gasteiger partial charge in [-0.05, 0) is 47.0 Å². The molecule has 0 bridgehead atoms. The molecule has 1 nitrogen and oxygen atoms in total. The summed E-state index contributed by atoms with van der Waals surface area (Å²) in [6.45, 7) is 2.21. The number of allylic oxidation sites excluding steroid dienone is 2. The van der Waals surface area contributed by atoms with Gasteiger partial charge in [0, 0.05) is 17.3 Å². The summed E-state index contributed by atoms with van der Waals surface area (Å²) in [5, 5.41) is 2.65. The SMILES string of the molecule is Cc1cc(N2c3ccccc3C3C=CC=CC32)cc2ccccc12. The number of anilines is 2. The van der Waals surface area contributed by atoms with E-state index in [2.05, 4.69) is 96.8 Å². The van der Waals surface area contributed by atoms with Crippen molar-refractivity contribution >= 4 is 22.1 Å². The number of benzene rings is 3. The van der Waals surface area contributed by atoms with Crippen molar-refractivity contribution in [1.29, 1.82) is 0 Å². The lowest BCUT2D eigenvalue weighted by molar-refractivity contribution is 0.745. The lowest BCUT2D eigenvalue weighted by Crippen LogP contribution is -2.28. The first kappa shape index (κ1) is 13.6. The lowest BCUT2D eigenvalue weighted by Gasteiger charge is -2.29. The van der Waals surface area contributed by atoms with Crippen LogP contribution in [0.1, 0.15) is 17.0 Å². The van der Waals surface area contributed by atoms with E-state index in [-0.39, 0.29) is 0 Å². The van der Waals surface area contributed by atoms with Crippen LogP contribution in [-0.2, 0) is 0 Å². The van der Waals surface area contributed by atoms with Crippen LogP contribution in [0, 0.1) is 6.92 Å². The van der Waals surface area contributed by atoms with Gasteiger partial charge in [0.2, 0.25) is 0 Å². The Morgan fingerprint density at radius 1 is 0.833 bits per heavy atom. The van der Waals surface area contributed by atoms with Crippen molar-refractivity contribution in [2.24, 2.45) is 0 Å². The fraction of sp³-hybridized carbons (Fsp3) is 0.130. The Balaban J connectivity index is 1.74. The fourth-order valence-electron chi connectivity index (χ4n) is 4.21. The van der Waals surface area contributed by atoms with Gasteiger partial charge < -0.3 is 4.90 Å². The minimum absolute atomic E-state index is 0.368. The zero-order valence-electron chi connectivity index (χ0n) is 13.7. The maximum atomic E-state index is 2.50. The molecular formula is C23H19N. The van der Waals surface area contributed by atoms with E-state index in [1.807, 2.05) is 0 Å². The molecule has 0 fully saturated rings. The maximum absolute atomic E-state index is 2.50. The quantitative estimate of drug-likeness (QED) is 0.542. The number of aryl methyl sites for hydroxylation is 1. The van der Waals surface area contributed by atoms with E-state index in [0.29, 0.717) is 12.0 Å². The molecule has 3 aromatic rings. The highest BCUT2D eigenvalue weighted by Gasteiger charge is 2.37. The highest BCUT2D eigenvalue weighted by molar-refractivity contribution is 5.91. The molecule has 0 spiro atoms. The van der Waals surface area contributed by atoms with E-state index in [1.54, 1.807) is 0 Å². The minimum Gasteiger partial charge on any atom is -0.333 e. The predicted molar refractivity (Wildman–Crippen MR) is 102 cm³/mol. The second kappa shape index (κ2) is 5.10. The molecule has 0 saturated heterocycles. The van der Waals surface area contributed by atoms with E-state index in [0.717, 1.165) is 0 Å². The number of nitrogens with zero attached hydrogens (tertiary/aromatic N) is 1. The summed E-state index contributed by atoms with van der Waals surface area (Å²) in [4.78, 5) is 2.50. The first-order valence-electron chi connectivity index (χ1n) is 8.55. The van der Waals surface area contributed by atoms with E-state index >= 15 is 0 Å². The third-order valence-electron chi connectivity index (χ3n) is 5.29. The molecule has 1 aliphatic heterocycles. The average Bonchev–Trinajstić information content (AvgIpc) is 2.96. The summed E-state index contributed by atoms with van der Waals surface area (Å²) in [5.41, 5.74) is 5.37. The molecule has 0 N–H and O–H groups in total. The van der Waals surface area contributed by atoms with Gasteiger partial charge in [-0.2, -0.15) is 0 Å². The van der Waals surface area contributed by atoms with Crippen molar-refractivity contribution in [2.45, 2.75) is 18.9 Å². The van der Waals surface area contributed by atoms with Gasteiger partial charge in [0.05, 0.1) is 6.04 Å². The molecule has 2 unspecified atom stereocenters. The van der Waals surface area contributed by atoms with Crippen LogP contribution in [0.15, 0.2) is 85.0 Å². The lowest BCUT2D eigenvalue weighted by atomic mass is 9.91. The molecule has 1 heteroatoms. The highest BCUT2D eigenvalue weighted by atomic mass is 15.2. The first-order chi connectivity index (χ1) is 11.8. The zero-order chi connectivity index (χ0) is 16.1. The Labute approximate surface area is 142 Å². The summed E-state index contributed by atoms with van der Waals surface area (Å²) in [6, 6.07) is 22.5. The van der Waals surface area contributed by atoms with Crippen molar-refractivity contribution in [3.8, 4) is 0 Å². The number of fused-ring (bicyclic) bond motifs is 4. The summed E-state index contributed by atoms with van der Waals surface area (Å²) in [6.07, 6.45) is 9.01. The van der Waals surface area contributed by atoms with Crippen LogP contribution < -0.4 is 4.90 Å². The van der Waals surface area contributed by atoms with Crippen LogP contribution >= 0.6 is 0 Å². The van der Waals surface area contributed by atoms with Gasteiger partial charge in [-0.3, -0.25) is 0 Å². The van der Waals surface area contributed by atoms with E-state index < -0.39 is 0 Å². The van der Waals surface area contributed by atoms with Crippen molar-refractivity contribution in [1.82, 2.24) is 0 Å². The van der Waals surface area contributed by atoms with Crippen molar-refractivity contribution < 1.29 is 0 Å². The Morgan fingerprint density at radius 3 is 2.58 bits per heavy atom. The van der Waals surface area contributed by atoms with E-state index in [9.17, 15) is 0 Å². The molecule has 0 aromatic heterocycles. The topological polar surface area (TPSA) is 3.24 Å². The molecular weight excluding hydrogens is 290 g/mol. The van der Waals surface area contributed by atoms with Crippen LogP contribution in [0.2, 0.25) is 0 Å². The molecule has 1 aliphatic carbocycles. The van der Waals surface area contributed by atoms with E-state index in [4.69, 9.17) is 0 Å². The third-order valence-corrected chi connectivity index (χ3v) is 5.29. The number of para-hydroxylation sites is 1. The molecule has 3 aromatic carbocycles. The molecule has 2 atom stereocenters. The number of hydrogen-bond donors (Lipinski definition) is 0. The molecule has 24 heavy (non-hydrogen) atoms. The van der Waals surface area contributed by atoms with Crippen LogP contribution in [0.4, 0.5) is 11.4 Å². The average molecular weight is 309 g/mol. The maximum Gasteiger partial charge on any atom is 0.0629 e. The molecule has 0 saturated carbocycles. The summed E-state index contributed by atoms with van der Waals surface area (Å²) in [5.74, 6) is 0.443. The molecule has 0 amide bonds. The van der Waals surface area contributed by atoms with Gasteiger partial charge in [-0.15, -0.1) is 0 Å². The largest absolute Gasteiger partial charge is 0.333 e. The third kappa shape index (κ3) is 1.88. The van der Waals surface area contributed by atoms with Crippen LogP contribution in [0.3, 0.4) is 0 Å². The van der Waals surface area contributed by atoms with E-state index in [1.165, 1.54) is 33.3 Å². The Bertz CT molecular complexity index is 996. The monoisotopic (exact) mass is 309 g/mol. The van der Waals surface area contributed by atoms with Gasteiger partial charge in [0.25, 0.3) is 0 Å². The van der Waals surface area contributed by atoms with Crippen LogP contribution in [0.25, 0.3) is 10.8 Å². The normalized spacial score (nSPS) is 21.1. The number of rotatable bonds is 1. The van der Waals surface area contributed by atoms with Gasteiger partial charge in [-0.1, -0.05) is 66.8 Å². The second-order valence-electron chi connectivity index (χ2n) is 6.70. The molecule has 0 radical (unpaired) electrons. The van der Waals surface area contributed by atoms with Crippen molar-refractivity contribution in [3.63, 3.8) is 0 Å². The second-order valence-corrected chi connectivity index (χ2v) is 6.70. The summed E-state index contributed by atoms with van der Waals surface area (Å²) in [7, 11) is 0. The number of hydrogen-bond acceptors (Lipinski definition) is 1. The van der Waals surface area contributed by atoms with Crippen molar-refractivity contribution in [3.05, 3.63) is 96.1 Å². The zero-order valence-corrected chi connectivity index (χ0v) is 13.7. The smallest absolute Gasteiger partial charge is 0.0629 e. The fourth-order valence-corrected chi connectivity index (χ4v) is 4.21. The van der Waals surface area contributed by atoms with Crippen molar-refractivity contribution in [2.75, 3.05) is 4.90 Å². The van der Waals surface area contributed by atoms with Gasteiger partial charge in [0.15, 0.2) is 0 Å². The molecule has 5 rings (SSSR count). The van der Waals surface area contributed by atoms with Crippen LogP contribution in [0.5, 0.6) is 0 Å². The molecule has 2 aliphatic rings. The Hall–Kier alpha value is -2.80. The molecule has 116 valence electrons. The van der Waals surface area contributed by atoms with Gasteiger partial charge in [-0.25, -0.2) is 0 Å². The summed E-state index contributed by atoms with van der Waals surface area (Å²) >= 11 is 0. The summed E-state index contributed by atoms with van der Waals surface area (Å²) < 4.78 is 0.